The number of ether oxygens (including phenoxy) is 1. The van der Waals surface area contributed by atoms with Crippen molar-refractivity contribution in [1.29, 1.82) is 0 Å². The molecule has 7 heteroatoms. The number of hydrogen-bond acceptors (Lipinski definition) is 2. The van der Waals surface area contributed by atoms with E-state index < -0.39 is 11.7 Å². The Labute approximate surface area is 131 Å². The molecule has 0 bridgehead atoms. The molecule has 1 amide bonds. The highest BCUT2D eigenvalue weighted by atomic mass is 35.5. The Balaban J connectivity index is 1.91. The number of carbonyl (C=O) groups is 1. The number of alkyl halides is 3. The van der Waals surface area contributed by atoms with E-state index in [0.29, 0.717) is 19.1 Å². The molecule has 1 aromatic rings. The van der Waals surface area contributed by atoms with Gasteiger partial charge >= 0.3 is 6.18 Å². The first-order chi connectivity index (χ1) is 10.4. The predicted molar refractivity (Wildman–Crippen MR) is 77.9 cm³/mol. The van der Waals surface area contributed by atoms with Gasteiger partial charge in [0.2, 0.25) is 5.91 Å². The fourth-order valence-corrected chi connectivity index (χ4v) is 2.64. The van der Waals surface area contributed by atoms with Crippen molar-refractivity contribution in [3.8, 4) is 0 Å². The molecular weight excluding hydrogens is 319 g/mol. The minimum Gasteiger partial charge on any atom is -0.381 e. The maximum absolute atomic E-state index is 12.7. The van der Waals surface area contributed by atoms with E-state index in [1.165, 1.54) is 6.07 Å². The zero-order chi connectivity index (χ0) is 16.2. The summed E-state index contributed by atoms with van der Waals surface area (Å²) in [5.74, 6) is 0.150. The molecule has 3 nitrogen and oxygen atoms in total. The number of amides is 1. The summed E-state index contributed by atoms with van der Waals surface area (Å²) in [6.45, 7) is 1.41. The molecular formula is C15H17ClF3NO2. The molecule has 1 aliphatic heterocycles. The third kappa shape index (κ3) is 4.88. The van der Waals surface area contributed by atoms with Crippen molar-refractivity contribution in [2.24, 2.45) is 5.92 Å². The van der Waals surface area contributed by atoms with Gasteiger partial charge in [-0.3, -0.25) is 4.79 Å². The smallest absolute Gasteiger partial charge is 0.381 e. The summed E-state index contributed by atoms with van der Waals surface area (Å²) >= 11 is 5.54. The number of carbonyl (C=O) groups excluding carboxylic acids is 1. The van der Waals surface area contributed by atoms with Crippen molar-refractivity contribution < 1.29 is 22.7 Å². The molecule has 1 N–H and O–H groups in total. The first kappa shape index (κ1) is 17.1. The van der Waals surface area contributed by atoms with Crippen molar-refractivity contribution in [2.75, 3.05) is 18.5 Å². The number of benzene rings is 1. The van der Waals surface area contributed by atoms with E-state index in [4.69, 9.17) is 16.3 Å². The van der Waals surface area contributed by atoms with Gasteiger partial charge < -0.3 is 10.1 Å². The molecule has 1 saturated heterocycles. The minimum absolute atomic E-state index is 0.105. The van der Waals surface area contributed by atoms with Crippen molar-refractivity contribution in [3.05, 3.63) is 28.8 Å². The molecule has 122 valence electrons. The van der Waals surface area contributed by atoms with E-state index >= 15 is 0 Å². The fourth-order valence-electron chi connectivity index (χ4n) is 2.41. The first-order valence-corrected chi connectivity index (χ1v) is 7.48. The summed E-state index contributed by atoms with van der Waals surface area (Å²) in [5.41, 5.74) is -0.843. The van der Waals surface area contributed by atoms with Crippen LogP contribution in [0.25, 0.3) is 0 Å². The molecule has 0 aliphatic carbocycles. The van der Waals surface area contributed by atoms with E-state index in [9.17, 15) is 18.0 Å². The number of nitrogens with one attached hydrogen (secondary N) is 1. The van der Waals surface area contributed by atoms with Crippen LogP contribution in [0.2, 0.25) is 5.02 Å². The molecule has 22 heavy (non-hydrogen) atoms. The lowest BCUT2D eigenvalue weighted by atomic mass is 9.95. The second-order valence-electron chi connectivity index (χ2n) is 5.33. The summed E-state index contributed by atoms with van der Waals surface area (Å²) < 4.78 is 43.5. The Kier molecular flexibility index (Phi) is 5.69. The average molecular weight is 336 g/mol. The maximum Gasteiger partial charge on any atom is 0.417 e. The molecule has 0 aromatic heterocycles. The molecule has 1 aromatic carbocycles. The zero-order valence-corrected chi connectivity index (χ0v) is 12.6. The largest absolute Gasteiger partial charge is 0.417 e. The number of anilines is 1. The van der Waals surface area contributed by atoms with Gasteiger partial charge in [0.25, 0.3) is 0 Å². The fraction of sp³-hybridized carbons (Fsp3) is 0.533. The van der Waals surface area contributed by atoms with Crippen LogP contribution < -0.4 is 5.32 Å². The van der Waals surface area contributed by atoms with E-state index in [0.717, 1.165) is 31.4 Å². The lowest BCUT2D eigenvalue weighted by molar-refractivity contribution is -0.137. The van der Waals surface area contributed by atoms with Crippen LogP contribution in [-0.2, 0) is 15.7 Å². The van der Waals surface area contributed by atoms with Crippen LogP contribution in [0.5, 0.6) is 0 Å². The molecule has 1 aliphatic rings. The number of rotatable bonds is 4. The summed E-state index contributed by atoms with van der Waals surface area (Å²) in [7, 11) is 0. The van der Waals surface area contributed by atoms with Crippen LogP contribution in [0.3, 0.4) is 0 Å². The number of halogens is 4. The van der Waals surface area contributed by atoms with Gasteiger partial charge in [0.15, 0.2) is 0 Å². The van der Waals surface area contributed by atoms with Gasteiger partial charge in [-0.25, -0.2) is 0 Å². The predicted octanol–water partition coefficient (Wildman–Crippen LogP) is 4.50. The standard InChI is InChI=1S/C15H17ClF3NO2/c16-13-3-2-11(9-12(13)15(17,18)19)20-14(21)4-1-10-5-7-22-8-6-10/h2-3,9-10H,1,4-8H2,(H,20,21). The van der Waals surface area contributed by atoms with Crippen LogP contribution in [0.15, 0.2) is 18.2 Å². The molecule has 0 unspecified atom stereocenters. The molecule has 1 fully saturated rings. The quantitative estimate of drug-likeness (QED) is 0.879. The van der Waals surface area contributed by atoms with Crippen LogP contribution in [0.4, 0.5) is 18.9 Å². The van der Waals surface area contributed by atoms with Gasteiger partial charge in [0, 0.05) is 25.3 Å². The highest BCUT2D eigenvalue weighted by Crippen LogP contribution is 2.36. The Morgan fingerprint density at radius 3 is 2.64 bits per heavy atom. The van der Waals surface area contributed by atoms with Gasteiger partial charge in [-0.2, -0.15) is 13.2 Å². The normalized spacial score (nSPS) is 16.5. The van der Waals surface area contributed by atoms with Crippen LogP contribution in [-0.4, -0.2) is 19.1 Å². The maximum atomic E-state index is 12.7. The SMILES string of the molecule is O=C(CCC1CCOCC1)Nc1ccc(Cl)c(C(F)(F)F)c1. The lowest BCUT2D eigenvalue weighted by Gasteiger charge is -2.21. The Morgan fingerprint density at radius 2 is 2.00 bits per heavy atom. The highest BCUT2D eigenvalue weighted by molar-refractivity contribution is 6.31. The topological polar surface area (TPSA) is 38.3 Å². The molecule has 0 atom stereocenters. The van der Waals surface area contributed by atoms with Crippen LogP contribution in [0, 0.1) is 5.92 Å². The highest BCUT2D eigenvalue weighted by Gasteiger charge is 2.33. The summed E-state index contributed by atoms with van der Waals surface area (Å²) in [4.78, 5) is 11.8. The van der Waals surface area contributed by atoms with Gasteiger partial charge in [-0.1, -0.05) is 11.6 Å². The van der Waals surface area contributed by atoms with Crippen LogP contribution >= 0.6 is 11.6 Å². The van der Waals surface area contributed by atoms with E-state index in [1.807, 2.05) is 0 Å². The summed E-state index contributed by atoms with van der Waals surface area (Å²) in [5, 5.41) is 2.11. The van der Waals surface area contributed by atoms with Gasteiger partial charge in [0.05, 0.1) is 10.6 Å². The van der Waals surface area contributed by atoms with Crippen molar-refractivity contribution in [1.82, 2.24) is 0 Å². The summed E-state index contributed by atoms with van der Waals surface area (Å²) in [6.07, 6.45) is -1.69. The molecule has 0 spiro atoms. The number of hydrogen-bond donors (Lipinski definition) is 1. The molecule has 0 saturated carbocycles. The zero-order valence-electron chi connectivity index (χ0n) is 11.9. The van der Waals surface area contributed by atoms with Gasteiger partial charge in [0.1, 0.15) is 0 Å². The van der Waals surface area contributed by atoms with Gasteiger partial charge in [-0.05, 0) is 43.4 Å². The van der Waals surface area contributed by atoms with Gasteiger partial charge in [-0.15, -0.1) is 0 Å². The third-order valence-electron chi connectivity index (χ3n) is 3.68. The average Bonchev–Trinajstić information content (AvgIpc) is 2.47. The van der Waals surface area contributed by atoms with Crippen molar-refractivity contribution in [2.45, 2.75) is 31.9 Å². The molecule has 1 heterocycles. The Hall–Kier alpha value is -1.27. The minimum atomic E-state index is -4.54. The Morgan fingerprint density at radius 1 is 1.32 bits per heavy atom. The summed E-state index contributed by atoms with van der Waals surface area (Å²) in [6, 6.07) is 3.36. The second-order valence-corrected chi connectivity index (χ2v) is 5.74. The molecule has 2 rings (SSSR count). The third-order valence-corrected chi connectivity index (χ3v) is 4.01. The van der Waals surface area contributed by atoms with E-state index in [2.05, 4.69) is 5.32 Å². The Bertz CT molecular complexity index is 528. The van der Waals surface area contributed by atoms with Crippen molar-refractivity contribution in [3.63, 3.8) is 0 Å². The lowest BCUT2D eigenvalue weighted by Crippen LogP contribution is -2.19. The van der Waals surface area contributed by atoms with E-state index in [1.54, 1.807) is 0 Å². The first-order valence-electron chi connectivity index (χ1n) is 7.10. The monoisotopic (exact) mass is 335 g/mol. The van der Waals surface area contributed by atoms with Crippen molar-refractivity contribution >= 4 is 23.2 Å². The second kappa shape index (κ2) is 7.33. The van der Waals surface area contributed by atoms with Crippen LogP contribution in [0.1, 0.15) is 31.2 Å². The van der Waals surface area contributed by atoms with E-state index in [-0.39, 0.29) is 23.0 Å². The molecule has 0 radical (unpaired) electrons.